The lowest BCUT2D eigenvalue weighted by Gasteiger charge is -2.02. The van der Waals surface area contributed by atoms with E-state index in [2.05, 4.69) is 4.99 Å². The van der Waals surface area contributed by atoms with Gasteiger partial charge in [0, 0.05) is 19.5 Å². The van der Waals surface area contributed by atoms with Crippen LogP contribution in [0.3, 0.4) is 0 Å². The predicted molar refractivity (Wildman–Crippen MR) is 74.0 cm³/mol. The van der Waals surface area contributed by atoms with Crippen LogP contribution in [-0.2, 0) is 4.74 Å². The summed E-state index contributed by atoms with van der Waals surface area (Å²) in [6.07, 6.45) is 1.63. The van der Waals surface area contributed by atoms with Crippen LogP contribution in [0.25, 0.3) is 11.0 Å². The Bertz CT molecular complexity index is 614. The molecule has 5 heteroatoms. The van der Waals surface area contributed by atoms with Crippen molar-refractivity contribution in [3.8, 4) is 0 Å². The van der Waals surface area contributed by atoms with Crippen LogP contribution in [0.5, 0.6) is 0 Å². The highest BCUT2D eigenvalue weighted by atomic mass is 16.5. The molecule has 0 N–H and O–H groups in total. The lowest BCUT2D eigenvalue weighted by Crippen LogP contribution is -2.08. The fourth-order valence-corrected chi connectivity index (χ4v) is 1.67. The number of carbonyl (C=O) groups is 1. The van der Waals surface area contributed by atoms with Crippen LogP contribution in [0.4, 0.5) is 5.69 Å². The summed E-state index contributed by atoms with van der Waals surface area (Å²) in [4.78, 5) is 18.0. The molecule has 0 aliphatic heterocycles. The van der Waals surface area contributed by atoms with E-state index in [0.717, 1.165) is 5.39 Å². The van der Waals surface area contributed by atoms with Gasteiger partial charge in [-0.15, -0.1) is 0 Å². The van der Waals surface area contributed by atoms with Crippen LogP contribution in [0.1, 0.15) is 17.5 Å². The summed E-state index contributed by atoms with van der Waals surface area (Å²) in [5.74, 6) is -0.356. The zero-order valence-corrected chi connectivity index (χ0v) is 11.2. The maximum Gasteiger partial charge on any atom is 0.376 e. The van der Waals surface area contributed by atoms with Crippen LogP contribution in [0.2, 0.25) is 0 Å². The number of esters is 1. The van der Waals surface area contributed by atoms with Crippen molar-refractivity contribution in [3.05, 3.63) is 30.0 Å². The molecule has 2 rings (SSSR count). The average molecular weight is 260 g/mol. The Morgan fingerprint density at radius 2 is 2.16 bits per heavy atom. The first-order valence-corrected chi connectivity index (χ1v) is 6.02. The largest absolute Gasteiger partial charge is 0.460 e. The summed E-state index contributed by atoms with van der Waals surface area (Å²) in [7, 11) is 3.71. The van der Waals surface area contributed by atoms with E-state index in [-0.39, 0.29) is 5.76 Å². The summed E-state index contributed by atoms with van der Waals surface area (Å²) in [6.45, 7) is 2.05. The first kappa shape index (κ1) is 13.1. The summed E-state index contributed by atoms with van der Waals surface area (Å²) < 4.78 is 10.5. The normalized spacial score (nSPS) is 11.1. The van der Waals surface area contributed by atoms with E-state index in [0.29, 0.717) is 17.9 Å². The standard InChI is InChI=1S/C14H16N2O3/c1-4-18-14(17)13-12(15-9-16(2)3)10-7-5-6-8-11(10)19-13/h5-9H,4H2,1-3H3. The predicted octanol–water partition coefficient (Wildman–Crippen LogP) is 2.83. The van der Waals surface area contributed by atoms with Gasteiger partial charge >= 0.3 is 5.97 Å². The molecule has 1 heterocycles. The molecular formula is C14H16N2O3. The summed E-state index contributed by atoms with van der Waals surface area (Å²) in [6, 6.07) is 7.39. The maximum absolute atomic E-state index is 11.9. The molecule has 0 amide bonds. The molecule has 0 spiro atoms. The van der Waals surface area contributed by atoms with Gasteiger partial charge < -0.3 is 14.1 Å². The average Bonchev–Trinajstić information content (AvgIpc) is 2.75. The second-order valence-corrected chi connectivity index (χ2v) is 4.20. The Labute approximate surface area is 111 Å². The van der Waals surface area contributed by atoms with Crippen molar-refractivity contribution in [1.29, 1.82) is 0 Å². The van der Waals surface area contributed by atoms with Gasteiger partial charge in [0.2, 0.25) is 5.76 Å². The van der Waals surface area contributed by atoms with E-state index in [9.17, 15) is 4.79 Å². The van der Waals surface area contributed by atoms with Crippen LogP contribution >= 0.6 is 0 Å². The van der Waals surface area contributed by atoms with Crippen LogP contribution in [0, 0.1) is 0 Å². The lowest BCUT2D eigenvalue weighted by molar-refractivity contribution is 0.0494. The van der Waals surface area contributed by atoms with Crippen LogP contribution in [-0.4, -0.2) is 37.9 Å². The van der Waals surface area contributed by atoms with Gasteiger partial charge in [0.05, 0.1) is 12.9 Å². The van der Waals surface area contributed by atoms with Gasteiger partial charge in [0.25, 0.3) is 0 Å². The number of rotatable bonds is 4. The van der Waals surface area contributed by atoms with Gasteiger partial charge in [-0.25, -0.2) is 9.79 Å². The van der Waals surface area contributed by atoms with Crippen molar-refractivity contribution in [2.75, 3.05) is 20.7 Å². The minimum Gasteiger partial charge on any atom is -0.460 e. The Kier molecular flexibility index (Phi) is 3.85. The highest BCUT2D eigenvalue weighted by Crippen LogP contribution is 2.33. The van der Waals surface area contributed by atoms with E-state index >= 15 is 0 Å². The molecule has 0 atom stereocenters. The Morgan fingerprint density at radius 1 is 1.42 bits per heavy atom. The van der Waals surface area contributed by atoms with Crippen molar-refractivity contribution in [2.45, 2.75) is 6.92 Å². The molecule has 0 aliphatic rings. The van der Waals surface area contributed by atoms with Crippen molar-refractivity contribution < 1.29 is 13.9 Å². The Hall–Kier alpha value is -2.30. The van der Waals surface area contributed by atoms with Crippen molar-refractivity contribution in [1.82, 2.24) is 4.90 Å². The number of aliphatic imine (C=N–C) groups is 1. The monoisotopic (exact) mass is 260 g/mol. The SMILES string of the molecule is CCOC(=O)c1oc2ccccc2c1N=CN(C)C. The molecule has 19 heavy (non-hydrogen) atoms. The third kappa shape index (κ3) is 2.76. The third-order valence-electron chi connectivity index (χ3n) is 2.45. The van der Waals surface area contributed by atoms with Crippen molar-refractivity contribution >= 4 is 29.0 Å². The smallest absolute Gasteiger partial charge is 0.376 e. The van der Waals surface area contributed by atoms with Crippen molar-refractivity contribution in [3.63, 3.8) is 0 Å². The maximum atomic E-state index is 11.9. The molecule has 0 radical (unpaired) electrons. The topological polar surface area (TPSA) is 55.0 Å². The van der Waals surface area contributed by atoms with E-state index in [1.807, 2.05) is 32.3 Å². The van der Waals surface area contributed by atoms with Crippen LogP contribution in [0.15, 0.2) is 33.7 Å². The summed E-state index contributed by atoms with van der Waals surface area (Å²) in [5.41, 5.74) is 1.12. The number of carbonyl (C=O) groups excluding carboxylic acids is 1. The molecule has 0 saturated heterocycles. The molecule has 100 valence electrons. The van der Waals surface area contributed by atoms with Gasteiger partial charge in [0.15, 0.2) is 0 Å². The number of ether oxygens (including phenoxy) is 1. The number of nitrogens with zero attached hydrogens (tertiary/aromatic N) is 2. The number of fused-ring (bicyclic) bond motifs is 1. The van der Waals surface area contributed by atoms with Crippen LogP contribution < -0.4 is 0 Å². The molecule has 0 bridgehead atoms. The van der Waals surface area contributed by atoms with Crippen molar-refractivity contribution in [2.24, 2.45) is 4.99 Å². The van der Waals surface area contributed by atoms with E-state index in [1.54, 1.807) is 24.2 Å². The fourth-order valence-electron chi connectivity index (χ4n) is 1.67. The number of hydrogen-bond donors (Lipinski definition) is 0. The Balaban J connectivity index is 2.55. The van der Waals surface area contributed by atoms with Gasteiger partial charge in [-0.3, -0.25) is 0 Å². The van der Waals surface area contributed by atoms with Gasteiger partial charge in [-0.1, -0.05) is 12.1 Å². The quantitative estimate of drug-likeness (QED) is 0.482. The molecule has 0 saturated carbocycles. The number of furan rings is 1. The molecule has 0 fully saturated rings. The molecular weight excluding hydrogens is 244 g/mol. The minimum absolute atomic E-state index is 0.140. The molecule has 2 aromatic rings. The first-order valence-electron chi connectivity index (χ1n) is 6.02. The first-order chi connectivity index (χ1) is 9.13. The highest BCUT2D eigenvalue weighted by molar-refractivity contribution is 6.03. The second kappa shape index (κ2) is 5.56. The van der Waals surface area contributed by atoms with E-state index in [4.69, 9.17) is 9.15 Å². The highest BCUT2D eigenvalue weighted by Gasteiger charge is 2.20. The number of hydrogen-bond acceptors (Lipinski definition) is 4. The number of benzene rings is 1. The fraction of sp³-hybridized carbons (Fsp3) is 0.286. The lowest BCUT2D eigenvalue weighted by atomic mass is 10.2. The summed E-state index contributed by atoms with van der Waals surface area (Å²) >= 11 is 0. The molecule has 5 nitrogen and oxygen atoms in total. The third-order valence-corrected chi connectivity index (χ3v) is 2.45. The van der Waals surface area contributed by atoms with Gasteiger partial charge in [0.1, 0.15) is 11.3 Å². The molecule has 0 aliphatic carbocycles. The zero-order chi connectivity index (χ0) is 13.8. The van der Waals surface area contributed by atoms with Gasteiger partial charge in [-0.05, 0) is 19.1 Å². The molecule has 1 aromatic carbocycles. The molecule has 0 unspecified atom stereocenters. The number of para-hydroxylation sites is 1. The molecule has 1 aromatic heterocycles. The Morgan fingerprint density at radius 3 is 2.84 bits per heavy atom. The van der Waals surface area contributed by atoms with Gasteiger partial charge in [-0.2, -0.15) is 0 Å². The summed E-state index contributed by atoms with van der Waals surface area (Å²) in [5, 5.41) is 0.795. The minimum atomic E-state index is -0.496. The van der Waals surface area contributed by atoms with E-state index < -0.39 is 5.97 Å². The van der Waals surface area contributed by atoms with E-state index in [1.165, 1.54) is 0 Å². The zero-order valence-electron chi connectivity index (χ0n) is 11.2. The second-order valence-electron chi connectivity index (χ2n) is 4.20.